The largest absolute Gasteiger partial charge is 0.495 e. The molecule has 5 heterocycles. The number of ether oxygens (including phenoxy) is 3. The molecule has 19 heteroatoms. The second-order valence-corrected chi connectivity index (χ2v) is 15.9. The van der Waals surface area contributed by atoms with E-state index in [1.807, 2.05) is 59.2 Å². The molecule has 2 aliphatic heterocycles. The summed E-state index contributed by atoms with van der Waals surface area (Å²) in [5.41, 5.74) is 3.54. The lowest BCUT2D eigenvalue weighted by atomic mass is 10.2. The average molecular weight is 986 g/mol. The standard InChI is InChI=1S/C22H23Cl2N5O3.C17H19Cl2IN4O2/c1-15-21(24)22(32-19-5-3-4-8-25-19)26-29(15)14-20(30)28-11-9-27(10-12-28)16-6-7-17(23)18(13-16)31-2;1-11-16(19)17(20)21-24(11)10-15(25)23-7-5-22(6-8-23)12-3-4-13(18)14(9-12)26-2/h3-8,13H,9-12,14H2,1-2H3;3-4,9H,5-8,10H2,1-2H3. The Labute approximate surface area is 370 Å². The van der Waals surface area contributed by atoms with Crippen LogP contribution < -0.4 is 24.0 Å². The summed E-state index contributed by atoms with van der Waals surface area (Å²) < 4.78 is 20.2. The number of anilines is 2. The Morgan fingerprint density at radius 1 is 0.672 bits per heavy atom. The van der Waals surface area contributed by atoms with Crippen molar-refractivity contribution in [1.82, 2.24) is 34.3 Å². The molecule has 0 aliphatic carbocycles. The van der Waals surface area contributed by atoms with Crippen LogP contribution in [-0.4, -0.2) is 113 Å². The maximum absolute atomic E-state index is 12.9. The molecule has 0 atom stereocenters. The molecule has 3 aromatic heterocycles. The van der Waals surface area contributed by atoms with Crippen LogP contribution in [0.5, 0.6) is 23.3 Å². The zero-order valence-corrected chi connectivity index (χ0v) is 37.5. The fraction of sp³-hybridized carbons (Fsp3) is 0.359. The van der Waals surface area contributed by atoms with Gasteiger partial charge in [-0.1, -0.05) is 52.5 Å². The van der Waals surface area contributed by atoms with E-state index in [1.54, 1.807) is 48.8 Å². The Kier molecular flexibility index (Phi) is 14.8. The van der Waals surface area contributed by atoms with Gasteiger partial charge in [-0.3, -0.25) is 19.0 Å². The van der Waals surface area contributed by atoms with Crippen LogP contribution in [0, 0.1) is 17.5 Å². The molecular formula is C39H42Cl4IN9O5. The van der Waals surface area contributed by atoms with Crippen molar-refractivity contribution < 1.29 is 23.8 Å². The summed E-state index contributed by atoms with van der Waals surface area (Å²) in [5, 5.41) is 10.8. The normalized spacial score (nSPS) is 14.2. The first-order valence-electron chi connectivity index (χ1n) is 18.3. The molecule has 5 aromatic rings. The topological polar surface area (TPSA) is 123 Å². The minimum atomic E-state index is -0.0232. The molecule has 2 fully saturated rings. The van der Waals surface area contributed by atoms with E-state index in [0.717, 1.165) is 33.9 Å². The number of methoxy groups -OCH3 is 2. The summed E-state index contributed by atoms with van der Waals surface area (Å²) in [5.74, 6) is 1.94. The lowest BCUT2D eigenvalue weighted by Gasteiger charge is -2.36. The highest BCUT2D eigenvalue weighted by atomic mass is 127. The fourth-order valence-corrected chi connectivity index (χ4v) is 7.79. The molecule has 2 aliphatic rings. The van der Waals surface area contributed by atoms with Crippen LogP contribution in [-0.2, 0) is 22.7 Å². The molecule has 0 saturated carbocycles. The number of hydrogen-bond donors (Lipinski definition) is 0. The Balaban J connectivity index is 0.000000200. The van der Waals surface area contributed by atoms with Crippen LogP contribution >= 0.6 is 69.0 Å². The van der Waals surface area contributed by atoms with E-state index in [9.17, 15) is 9.59 Å². The minimum absolute atomic E-state index is 0.0232. The summed E-state index contributed by atoms with van der Waals surface area (Å²) in [6.07, 6.45) is 1.62. The van der Waals surface area contributed by atoms with Gasteiger partial charge in [-0.15, -0.1) is 5.10 Å². The number of carbonyl (C=O) groups is 2. The Hall–Kier alpha value is -4.16. The summed E-state index contributed by atoms with van der Waals surface area (Å²) >= 11 is 26.8. The predicted octanol–water partition coefficient (Wildman–Crippen LogP) is 7.50. The summed E-state index contributed by atoms with van der Waals surface area (Å²) in [4.78, 5) is 37.7. The number of piperazine rings is 2. The van der Waals surface area contributed by atoms with Crippen molar-refractivity contribution in [2.45, 2.75) is 26.9 Å². The van der Waals surface area contributed by atoms with Gasteiger partial charge in [0.15, 0.2) is 0 Å². The Morgan fingerprint density at radius 2 is 1.16 bits per heavy atom. The number of nitrogens with zero attached hydrogens (tertiary/aromatic N) is 9. The van der Waals surface area contributed by atoms with Crippen LogP contribution in [0.3, 0.4) is 0 Å². The third-order valence-electron chi connectivity index (χ3n) is 9.87. The van der Waals surface area contributed by atoms with Crippen LogP contribution in [0.25, 0.3) is 0 Å². The van der Waals surface area contributed by atoms with Crippen LogP contribution in [0.2, 0.25) is 20.1 Å². The van der Waals surface area contributed by atoms with E-state index in [0.29, 0.717) is 82.4 Å². The van der Waals surface area contributed by atoms with E-state index in [4.69, 9.17) is 60.6 Å². The minimum Gasteiger partial charge on any atom is -0.495 e. The van der Waals surface area contributed by atoms with E-state index < -0.39 is 0 Å². The monoisotopic (exact) mass is 983 g/mol. The summed E-state index contributed by atoms with van der Waals surface area (Å²) in [6.45, 7) is 9.45. The third kappa shape index (κ3) is 10.3. The molecule has 0 spiro atoms. The SMILES string of the molecule is COc1cc(N2CCN(C(=O)Cn3nc(I)c(Cl)c3C)CC2)ccc1Cl.COc1cc(N2CCN(C(=O)Cn3nc(Oc4ccccn4)c(Cl)c3C)CC2)ccc1Cl. The Bertz CT molecular complexity index is 2230. The number of carbonyl (C=O) groups excluding carboxylic acids is 2. The molecule has 0 N–H and O–H groups in total. The van der Waals surface area contributed by atoms with E-state index in [1.165, 1.54) is 0 Å². The smallest absolute Gasteiger partial charge is 0.259 e. The fourth-order valence-electron chi connectivity index (χ4n) is 6.44. The van der Waals surface area contributed by atoms with Crippen molar-refractivity contribution in [3.05, 3.63) is 96.0 Å². The highest BCUT2D eigenvalue weighted by molar-refractivity contribution is 14.1. The molecule has 2 aromatic carbocycles. The molecule has 2 saturated heterocycles. The van der Waals surface area contributed by atoms with Gasteiger partial charge in [0, 0.05) is 88.1 Å². The number of halogens is 5. The Morgan fingerprint density at radius 3 is 1.59 bits per heavy atom. The van der Waals surface area contributed by atoms with Crippen LogP contribution in [0.15, 0.2) is 60.8 Å². The number of amides is 2. The quantitative estimate of drug-likeness (QED) is 0.130. The van der Waals surface area contributed by atoms with Crippen molar-refractivity contribution in [2.24, 2.45) is 0 Å². The molecule has 7 rings (SSSR count). The second kappa shape index (κ2) is 19.7. The predicted molar refractivity (Wildman–Crippen MR) is 235 cm³/mol. The van der Waals surface area contributed by atoms with Gasteiger partial charge in [0.05, 0.1) is 40.7 Å². The molecule has 308 valence electrons. The molecule has 2 amide bonds. The van der Waals surface area contributed by atoms with E-state index in [-0.39, 0.29) is 30.8 Å². The highest BCUT2D eigenvalue weighted by Crippen LogP contribution is 2.32. The van der Waals surface area contributed by atoms with Gasteiger partial charge in [-0.25, -0.2) is 4.98 Å². The number of rotatable bonds is 10. The number of aromatic nitrogens is 5. The summed E-state index contributed by atoms with van der Waals surface area (Å²) in [6, 6.07) is 16.7. The molecule has 14 nitrogen and oxygen atoms in total. The van der Waals surface area contributed by atoms with Crippen molar-refractivity contribution in [2.75, 3.05) is 76.4 Å². The average Bonchev–Trinajstić information content (AvgIpc) is 3.64. The van der Waals surface area contributed by atoms with Crippen LogP contribution in [0.4, 0.5) is 11.4 Å². The first-order valence-corrected chi connectivity index (χ1v) is 20.9. The first kappa shape index (κ1) is 43.4. The molecule has 0 radical (unpaired) electrons. The van der Waals surface area contributed by atoms with Gasteiger partial charge in [-0.2, -0.15) is 5.10 Å². The van der Waals surface area contributed by atoms with Crippen LogP contribution in [0.1, 0.15) is 11.4 Å². The molecular weight excluding hydrogens is 943 g/mol. The number of pyridine rings is 1. The maximum atomic E-state index is 12.9. The van der Waals surface area contributed by atoms with E-state index >= 15 is 0 Å². The highest BCUT2D eigenvalue weighted by Gasteiger charge is 2.26. The lowest BCUT2D eigenvalue weighted by Crippen LogP contribution is -2.49. The van der Waals surface area contributed by atoms with Gasteiger partial charge >= 0.3 is 0 Å². The lowest BCUT2D eigenvalue weighted by molar-refractivity contribution is -0.133. The molecule has 0 unspecified atom stereocenters. The van der Waals surface area contributed by atoms with Gasteiger partial charge in [0.25, 0.3) is 5.88 Å². The second-order valence-electron chi connectivity index (χ2n) is 13.4. The zero-order valence-electron chi connectivity index (χ0n) is 32.3. The first-order chi connectivity index (χ1) is 27.9. The maximum Gasteiger partial charge on any atom is 0.259 e. The molecule has 0 bridgehead atoms. The van der Waals surface area contributed by atoms with Crippen molar-refractivity contribution in [3.8, 4) is 23.3 Å². The van der Waals surface area contributed by atoms with Gasteiger partial charge in [-0.05, 0) is 66.8 Å². The van der Waals surface area contributed by atoms with Gasteiger partial charge in [0.2, 0.25) is 17.7 Å². The van der Waals surface area contributed by atoms with E-state index in [2.05, 4.69) is 47.6 Å². The third-order valence-corrected chi connectivity index (χ3v) is 12.5. The zero-order chi connectivity index (χ0) is 41.5. The van der Waals surface area contributed by atoms with Gasteiger partial charge < -0.3 is 33.8 Å². The van der Waals surface area contributed by atoms with Gasteiger partial charge in [0.1, 0.15) is 33.3 Å². The molecule has 58 heavy (non-hydrogen) atoms. The van der Waals surface area contributed by atoms with Crippen molar-refractivity contribution in [1.29, 1.82) is 0 Å². The number of hydrogen-bond acceptors (Lipinski definition) is 10. The number of benzene rings is 2. The summed E-state index contributed by atoms with van der Waals surface area (Å²) in [7, 11) is 3.20. The van der Waals surface area contributed by atoms with Crippen molar-refractivity contribution >= 4 is 92.2 Å². The van der Waals surface area contributed by atoms with Crippen molar-refractivity contribution in [3.63, 3.8) is 0 Å².